The number of ether oxygens (including phenoxy) is 1. The number of benzene rings is 1. The Bertz CT molecular complexity index is 1140. The molecule has 1 fully saturated rings. The number of piperidine rings is 1. The number of carbonyl (C=O) groups is 2. The van der Waals surface area contributed by atoms with Crippen LogP contribution in [0.2, 0.25) is 0 Å². The fraction of sp³-hybridized carbons (Fsp3) is 0.417. The minimum Gasteiger partial charge on any atom is -0.450 e. The van der Waals surface area contributed by atoms with Crippen LogP contribution in [-0.4, -0.2) is 57.4 Å². The van der Waals surface area contributed by atoms with E-state index in [1.807, 2.05) is 51.1 Å². The minimum absolute atomic E-state index is 0.00384. The van der Waals surface area contributed by atoms with Crippen LogP contribution < -0.4 is 5.32 Å². The van der Waals surface area contributed by atoms with Crippen molar-refractivity contribution in [3.05, 3.63) is 52.8 Å². The van der Waals surface area contributed by atoms with E-state index in [2.05, 4.69) is 10.4 Å². The largest absolute Gasteiger partial charge is 0.450 e. The van der Waals surface area contributed by atoms with E-state index in [1.165, 1.54) is 5.56 Å². The van der Waals surface area contributed by atoms with Crippen molar-refractivity contribution >= 4 is 23.0 Å². The number of fused-ring (bicyclic) bond motifs is 1. The van der Waals surface area contributed by atoms with E-state index < -0.39 is 0 Å². The zero-order chi connectivity index (χ0) is 22.8. The number of pyridine rings is 1. The van der Waals surface area contributed by atoms with Gasteiger partial charge in [-0.1, -0.05) is 17.7 Å². The molecular weight excluding hydrogens is 406 g/mol. The third kappa shape index (κ3) is 4.30. The fourth-order valence-corrected chi connectivity index (χ4v) is 4.14. The second-order valence-electron chi connectivity index (χ2n) is 8.28. The molecule has 32 heavy (non-hydrogen) atoms. The number of carbonyl (C=O) groups excluding carboxylic acids is 2. The summed E-state index contributed by atoms with van der Waals surface area (Å²) in [5.74, 6) is -0.137. The molecule has 2 aromatic heterocycles. The molecule has 2 amide bonds. The summed E-state index contributed by atoms with van der Waals surface area (Å²) < 4.78 is 6.87. The highest BCUT2D eigenvalue weighted by molar-refractivity contribution is 6.07. The summed E-state index contributed by atoms with van der Waals surface area (Å²) in [7, 11) is 0. The van der Waals surface area contributed by atoms with E-state index in [0.717, 1.165) is 22.5 Å². The lowest BCUT2D eigenvalue weighted by atomic mass is 10.0. The summed E-state index contributed by atoms with van der Waals surface area (Å²) in [5, 5.41) is 8.59. The first kappa shape index (κ1) is 21.8. The molecule has 1 saturated heterocycles. The number of aromatic nitrogens is 3. The van der Waals surface area contributed by atoms with Crippen LogP contribution in [0.1, 0.15) is 47.1 Å². The van der Waals surface area contributed by atoms with Crippen molar-refractivity contribution in [2.75, 3.05) is 19.7 Å². The van der Waals surface area contributed by atoms with Gasteiger partial charge in [0.25, 0.3) is 5.91 Å². The Labute approximate surface area is 187 Å². The molecule has 0 saturated carbocycles. The number of hydrogen-bond acceptors (Lipinski definition) is 5. The van der Waals surface area contributed by atoms with Gasteiger partial charge in [-0.05, 0) is 58.7 Å². The van der Waals surface area contributed by atoms with Gasteiger partial charge in [-0.25, -0.2) is 14.5 Å². The van der Waals surface area contributed by atoms with Crippen LogP contribution in [0.4, 0.5) is 4.79 Å². The molecule has 0 unspecified atom stereocenters. The van der Waals surface area contributed by atoms with Gasteiger partial charge in [-0.2, -0.15) is 5.10 Å². The molecule has 1 N–H and O–H groups in total. The maximum Gasteiger partial charge on any atom is 0.409 e. The maximum atomic E-state index is 13.3. The van der Waals surface area contributed by atoms with Crippen molar-refractivity contribution in [3.63, 3.8) is 0 Å². The molecule has 3 heterocycles. The number of hydrogen-bond donors (Lipinski definition) is 1. The predicted molar refractivity (Wildman–Crippen MR) is 122 cm³/mol. The van der Waals surface area contributed by atoms with Gasteiger partial charge >= 0.3 is 6.09 Å². The van der Waals surface area contributed by atoms with Crippen molar-refractivity contribution in [2.45, 2.75) is 46.6 Å². The first-order valence-electron chi connectivity index (χ1n) is 11.0. The van der Waals surface area contributed by atoms with Gasteiger partial charge in [-0.3, -0.25) is 4.79 Å². The van der Waals surface area contributed by atoms with Gasteiger partial charge in [0.2, 0.25) is 0 Å². The van der Waals surface area contributed by atoms with E-state index in [1.54, 1.807) is 16.5 Å². The average molecular weight is 436 g/mol. The van der Waals surface area contributed by atoms with Gasteiger partial charge in [0, 0.05) is 24.8 Å². The van der Waals surface area contributed by atoms with Crippen molar-refractivity contribution in [2.24, 2.45) is 0 Å². The molecular formula is C24H29N5O3. The third-order valence-corrected chi connectivity index (χ3v) is 5.82. The maximum absolute atomic E-state index is 13.3. The van der Waals surface area contributed by atoms with Crippen molar-refractivity contribution in [1.29, 1.82) is 0 Å². The predicted octanol–water partition coefficient (Wildman–Crippen LogP) is 3.70. The Hall–Kier alpha value is -3.42. The molecule has 0 spiro atoms. The minimum atomic E-state index is -0.289. The SMILES string of the molecule is CCOC(=O)N1CCC(NC(=O)c2cc(C)nc3c2c(C)nn3-c2ccc(C)cc2)CC1. The molecule has 1 aromatic carbocycles. The Balaban J connectivity index is 1.57. The molecule has 4 rings (SSSR count). The first-order valence-corrected chi connectivity index (χ1v) is 11.0. The van der Waals surface area contributed by atoms with Crippen LogP contribution in [0, 0.1) is 20.8 Å². The second-order valence-corrected chi connectivity index (χ2v) is 8.28. The standard InChI is InChI=1S/C24H29N5O3/c1-5-32-24(31)28-12-10-18(11-13-28)26-23(30)20-14-16(3)25-22-21(20)17(4)27-29(22)19-8-6-15(2)7-9-19/h6-9,14,18H,5,10-13H2,1-4H3,(H,26,30). The highest BCUT2D eigenvalue weighted by atomic mass is 16.6. The highest BCUT2D eigenvalue weighted by Gasteiger charge is 2.26. The van der Waals surface area contributed by atoms with Gasteiger partial charge in [-0.15, -0.1) is 0 Å². The van der Waals surface area contributed by atoms with Crippen molar-refractivity contribution in [1.82, 2.24) is 25.0 Å². The summed E-state index contributed by atoms with van der Waals surface area (Å²) in [6.07, 6.45) is 1.10. The van der Waals surface area contributed by atoms with Crippen LogP contribution in [0.15, 0.2) is 30.3 Å². The molecule has 1 aliphatic heterocycles. The van der Waals surface area contributed by atoms with Crippen molar-refractivity contribution in [3.8, 4) is 5.69 Å². The second kappa shape index (κ2) is 8.98. The molecule has 3 aromatic rings. The lowest BCUT2D eigenvalue weighted by Crippen LogP contribution is -2.46. The molecule has 168 valence electrons. The van der Waals surface area contributed by atoms with Gasteiger partial charge in [0.05, 0.1) is 28.9 Å². The Morgan fingerprint density at radius 1 is 1.12 bits per heavy atom. The van der Waals surface area contributed by atoms with E-state index in [4.69, 9.17) is 9.72 Å². The summed E-state index contributed by atoms with van der Waals surface area (Å²) in [6.45, 7) is 9.12. The van der Waals surface area contributed by atoms with Crippen molar-refractivity contribution < 1.29 is 14.3 Å². The summed E-state index contributed by atoms with van der Waals surface area (Å²) in [6, 6.07) is 9.89. The lowest BCUT2D eigenvalue weighted by Gasteiger charge is -2.31. The summed E-state index contributed by atoms with van der Waals surface area (Å²) >= 11 is 0. The molecule has 0 radical (unpaired) electrons. The summed E-state index contributed by atoms with van der Waals surface area (Å²) in [5.41, 5.74) is 4.85. The number of aryl methyl sites for hydroxylation is 3. The average Bonchev–Trinajstić information content (AvgIpc) is 3.10. The fourth-order valence-electron chi connectivity index (χ4n) is 4.14. The number of nitrogens with zero attached hydrogens (tertiary/aromatic N) is 4. The number of rotatable bonds is 4. The van der Waals surface area contributed by atoms with Crippen LogP contribution >= 0.6 is 0 Å². The van der Waals surface area contributed by atoms with E-state index >= 15 is 0 Å². The molecule has 0 aliphatic carbocycles. The number of amides is 2. The van der Waals surface area contributed by atoms with E-state index in [0.29, 0.717) is 43.7 Å². The number of nitrogens with one attached hydrogen (secondary N) is 1. The molecule has 0 atom stereocenters. The first-order chi connectivity index (χ1) is 15.4. The molecule has 1 aliphatic rings. The zero-order valence-corrected chi connectivity index (χ0v) is 19.0. The third-order valence-electron chi connectivity index (χ3n) is 5.82. The number of likely N-dealkylation sites (tertiary alicyclic amines) is 1. The van der Waals surface area contributed by atoms with Crippen LogP contribution in [0.5, 0.6) is 0 Å². The van der Waals surface area contributed by atoms with Crippen LogP contribution in [0.25, 0.3) is 16.7 Å². The van der Waals surface area contributed by atoms with Gasteiger partial charge in [0.15, 0.2) is 5.65 Å². The Morgan fingerprint density at radius 3 is 2.47 bits per heavy atom. The monoisotopic (exact) mass is 435 g/mol. The zero-order valence-electron chi connectivity index (χ0n) is 19.0. The molecule has 8 nitrogen and oxygen atoms in total. The normalized spacial score (nSPS) is 14.6. The van der Waals surface area contributed by atoms with E-state index in [-0.39, 0.29) is 18.0 Å². The Morgan fingerprint density at radius 2 is 1.81 bits per heavy atom. The highest BCUT2D eigenvalue weighted by Crippen LogP contribution is 2.25. The quantitative estimate of drug-likeness (QED) is 0.675. The topological polar surface area (TPSA) is 89.3 Å². The van der Waals surface area contributed by atoms with E-state index in [9.17, 15) is 9.59 Å². The Kier molecular flexibility index (Phi) is 6.12. The molecule has 8 heteroatoms. The van der Waals surface area contributed by atoms with Gasteiger partial charge < -0.3 is 15.0 Å². The summed E-state index contributed by atoms with van der Waals surface area (Å²) in [4.78, 5) is 31.6. The van der Waals surface area contributed by atoms with Crippen LogP contribution in [-0.2, 0) is 4.74 Å². The lowest BCUT2D eigenvalue weighted by molar-refractivity contribution is 0.0861. The smallest absolute Gasteiger partial charge is 0.409 e. The van der Waals surface area contributed by atoms with Crippen LogP contribution in [0.3, 0.4) is 0 Å². The molecule has 0 bridgehead atoms. The van der Waals surface area contributed by atoms with Gasteiger partial charge in [0.1, 0.15) is 0 Å².